The van der Waals surface area contributed by atoms with Crippen LogP contribution in [-0.2, 0) is 19.6 Å². The largest absolute Gasteiger partial charge is 0.459 e. The van der Waals surface area contributed by atoms with Crippen LogP contribution in [0.4, 0.5) is 17.3 Å². The average molecular weight is 612 g/mol. The molecule has 1 amide bonds. The van der Waals surface area contributed by atoms with Crippen molar-refractivity contribution in [2.75, 3.05) is 42.5 Å². The summed E-state index contributed by atoms with van der Waals surface area (Å²) in [5.41, 5.74) is -0.850. The number of carbonyl (C=O) groups is 2. The molecule has 15 heteroatoms. The van der Waals surface area contributed by atoms with Gasteiger partial charge in [0.25, 0.3) is 11.6 Å². The van der Waals surface area contributed by atoms with E-state index in [2.05, 4.69) is 20.0 Å². The second kappa shape index (κ2) is 13.1. The van der Waals surface area contributed by atoms with Crippen molar-refractivity contribution in [3.8, 4) is 0 Å². The van der Waals surface area contributed by atoms with Crippen molar-refractivity contribution in [2.45, 2.75) is 37.3 Å². The number of anilines is 2. The maximum Gasteiger partial charge on any atom is 0.326 e. The Kier molecular flexibility index (Phi) is 9.56. The standard InChI is InChI=1S/C28H33N7O7S/c1-28(2,3)42-26(37)22(32-43(40,41)21-8-5-4-6-9-21)19-31-25(36)20-10-11-23(24(18-20)35(38)39)33-14-16-34(17-15-33)27-29-12-7-13-30-27/h4-13,18,22,32H,14-17,19H2,1-3H3,(H,31,36)/t22-/m0/s1. The number of nitrogens with one attached hydrogen (secondary N) is 2. The van der Waals surface area contributed by atoms with E-state index in [4.69, 9.17) is 4.74 Å². The normalized spacial score (nSPS) is 14.6. The number of nitro groups is 1. The molecule has 1 aliphatic rings. The van der Waals surface area contributed by atoms with Gasteiger partial charge < -0.3 is 19.9 Å². The van der Waals surface area contributed by atoms with Gasteiger partial charge in [-0.1, -0.05) is 18.2 Å². The molecule has 14 nitrogen and oxygen atoms in total. The summed E-state index contributed by atoms with van der Waals surface area (Å²) in [6, 6.07) is 11.8. The summed E-state index contributed by atoms with van der Waals surface area (Å²) in [5, 5.41) is 14.5. The number of carbonyl (C=O) groups excluding carboxylic acids is 2. The summed E-state index contributed by atoms with van der Waals surface area (Å²) in [6.07, 6.45) is 3.30. The minimum Gasteiger partial charge on any atom is -0.459 e. The van der Waals surface area contributed by atoms with E-state index < -0.39 is 45.0 Å². The number of ether oxygens (including phenoxy) is 1. The molecule has 4 rings (SSSR count). The van der Waals surface area contributed by atoms with Gasteiger partial charge in [0.1, 0.15) is 17.3 Å². The van der Waals surface area contributed by atoms with Crippen LogP contribution < -0.4 is 19.8 Å². The lowest BCUT2D eigenvalue weighted by molar-refractivity contribution is -0.384. The van der Waals surface area contributed by atoms with Crippen LogP contribution in [-0.4, -0.2) is 79.6 Å². The van der Waals surface area contributed by atoms with Crippen LogP contribution in [0.3, 0.4) is 0 Å². The van der Waals surface area contributed by atoms with Crippen molar-refractivity contribution in [2.24, 2.45) is 0 Å². The molecule has 0 bridgehead atoms. The number of sulfonamides is 1. The van der Waals surface area contributed by atoms with Crippen molar-refractivity contribution in [3.63, 3.8) is 0 Å². The van der Waals surface area contributed by atoms with Crippen LogP contribution in [0, 0.1) is 10.1 Å². The van der Waals surface area contributed by atoms with Crippen molar-refractivity contribution in [1.29, 1.82) is 0 Å². The predicted molar refractivity (Wildman–Crippen MR) is 158 cm³/mol. The third-order valence-electron chi connectivity index (χ3n) is 6.40. The Morgan fingerprint density at radius 1 is 1.00 bits per heavy atom. The topological polar surface area (TPSA) is 177 Å². The molecule has 43 heavy (non-hydrogen) atoms. The van der Waals surface area contributed by atoms with Gasteiger partial charge >= 0.3 is 5.97 Å². The monoisotopic (exact) mass is 611 g/mol. The first-order chi connectivity index (χ1) is 20.3. The molecule has 228 valence electrons. The summed E-state index contributed by atoms with van der Waals surface area (Å²) in [7, 11) is -4.14. The highest BCUT2D eigenvalue weighted by Gasteiger charge is 2.31. The van der Waals surface area contributed by atoms with Gasteiger partial charge in [0.2, 0.25) is 16.0 Å². The van der Waals surface area contributed by atoms with Gasteiger partial charge in [-0.25, -0.2) is 18.4 Å². The molecule has 0 spiro atoms. The molecular weight excluding hydrogens is 578 g/mol. The van der Waals surface area contributed by atoms with Crippen LogP contribution >= 0.6 is 0 Å². The Morgan fingerprint density at radius 3 is 2.23 bits per heavy atom. The van der Waals surface area contributed by atoms with Gasteiger partial charge in [0.15, 0.2) is 0 Å². The second-order valence-electron chi connectivity index (χ2n) is 10.7. The Labute approximate surface area is 249 Å². The van der Waals surface area contributed by atoms with Crippen LogP contribution in [0.2, 0.25) is 0 Å². The fourth-order valence-electron chi connectivity index (χ4n) is 4.38. The van der Waals surface area contributed by atoms with Crippen LogP contribution in [0.5, 0.6) is 0 Å². The first-order valence-corrected chi connectivity index (χ1v) is 15.0. The molecule has 1 aromatic heterocycles. The Bertz CT molecular complexity index is 1560. The number of benzene rings is 2. The Balaban J connectivity index is 1.47. The zero-order valence-corrected chi connectivity index (χ0v) is 24.8. The molecule has 2 aromatic carbocycles. The molecule has 0 radical (unpaired) electrons. The number of aromatic nitrogens is 2. The summed E-state index contributed by atoms with van der Waals surface area (Å²) >= 11 is 0. The number of rotatable bonds is 10. The maximum atomic E-state index is 13.1. The Morgan fingerprint density at radius 2 is 1.63 bits per heavy atom. The number of amides is 1. The van der Waals surface area contributed by atoms with Gasteiger partial charge in [-0.2, -0.15) is 4.72 Å². The van der Waals surface area contributed by atoms with Crippen LogP contribution in [0.25, 0.3) is 0 Å². The smallest absolute Gasteiger partial charge is 0.326 e. The summed E-state index contributed by atoms with van der Waals surface area (Å²) in [6.45, 7) is 6.47. The zero-order chi connectivity index (χ0) is 31.2. The molecule has 0 unspecified atom stereocenters. The minimum absolute atomic E-state index is 0.0272. The molecule has 1 saturated heterocycles. The molecule has 2 N–H and O–H groups in total. The molecule has 0 saturated carbocycles. The second-order valence-corrected chi connectivity index (χ2v) is 12.4. The van der Waals surface area contributed by atoms with Gasteiger partial charge in [-0.3, -0.25) is 19.7 Å². The minimum atomic E-state index is -4.14. The number of esters is 1. The number of nitrogens with zero attached hydrogens (tertiary/aromatic N) is 5. The fraction of sp³-hybridized carbons (Fsp3) is 0.357. The average Bonchev–Trinajstić information content (AvgIpc) is 2.99. The SMILES string of the molecule is CC(C)(C)OC(=O)[C@H](CNC(=O)c1ccc(N2CCN(c3ncccn3)CC2)c([N+](=O)[O-])c1)NS(=O)(=O)c1ccccc1. The summed E-state index contributed by atoms with van der Waals surface area (Å²) < 4.78 is 33.5. The third kappa shape index (κ3) is 8.23. The maximum absolute atomic E-state index is 13.1. The van der Waals surface area contributed by atoms with E-state index >= 15 is 0 Å². The highest BCUT2D eigenvalue weighted by molar-refractivity contribution is 7.89. The van der Waals surface area contributed by atoms with E-state index in [9.17, 15) is 28.1 Å². The van der Waals surface area contributed by atoms with E-state index in [-0.39, 0.29) is 16.1 Å². The van der Waals surface area contributed by atoms with E-state index in [1.807, 2.05) is 9.80 Å². The number of hydrogen-bond acceptors (Lipinski definition) is 11. The number of piperazine rings is 1. The molecule has 1 aliphatic heterocycles. The number of hydrogen-bond donors (Lipinski definition) is 2. The molecule has 2 heterocycles. The predicted octanol–water partition coefficient (Wildman–Crippen LogP) is 2.13. The first-order valence-electron chi connectivity index (χ1n) is 13.5. The summed E-state index contributed by atoms with van der Waals surface area (Å²) in [5.74, 6) is -1.04. The van der Waals surface area contributed by atoms with Gasteiger partial charge in [-0.15, -0.1) is 0 Å². The fourth-order valence-corrected chi connectivity index (χ4v) is 5.58. The van der Waals surface area contributed by atoms with Crippen molar-refractivity contribution >= 4 is 39.2 Å². The van der Waals surface area contributed by atoms with Gasteiger partial charge in [0, 0.05) is 56.7 Å². The van der Waals surface area contributed by atoms with Crippen LogP contribution in [0.1, 0.15) is 31.1 Å². The number of nitro benzene ring substituents is 1. The molecule has 3 aromatic rings. The van der Waals surface area contributed by atoms with Crippen molar-refractivity contribution < 1.29 is 27.7 Å². The van der Waals surface area contributed by atoms with Gasteiger partial charge in [-0.05, 0) is 51.1 Å². The third-order valence-corrected chi connectivity index (χ3v) is 7.89. The molecule has 0 aliphatic carbocycles. The van der Waals surface area contributed by atoms with Crippen molar-refractivity contribution in [3.05, 3.63) is 82.7 Å². The Hall–Kier alpha value is -4.63. The lowest BCUT2D eigenvalue weighted by Gasteiger charge is -2.35. The van der Waals surface area contributed by atoms with Gasteiger partial charge in [0.05, 0.1) is 9.82 Å². The van der Waals surface area contributed by atoms with E-state index in [1.54, 1.807) is 45.3 Å². The highest BCUT2D eigenvalue weighted by atomic mass is 32.2. The van der Waals surface area contributed by atoms with Crippen LogP contribution in [0.15, 0.2) is 71.9 Å². The van der Waals surface area contributed by atoms with E-state index in [0.29, 0.717) is 37.8 Å². The van der Waals surface area contributed by atoms with Crippen molar-refractivity contribution in [1.82, 2.24) is 20.0 Å². The molecular formula is C28H33N7O7S. The first kappa shape index (κ1) is 31.3. The quantitative estimate of drug-likeness (QED) is 0.195. The lowest BCUT2D eigenvalue weighted by Crippen LogP contribution is -2.50. The molecule has 1 atom stereocenters. The lowest BCUT2D eigenvalue weighted by atomic mass is 10.1. The highest BCUT2D eigenvalue weighted by Crippen LogP contribution is 2.30. The summed E-state index contributed by atoms with van der Waals surface area (Å²) in [4.78, 5) is 49.6. The van der Waals surface area contributed by atoms with E-state index in [0.717, 1.165) is 6.07 Å². The molecule has 1 fully saturated rings. The van der Waals surface area contributed by atoms with E-state index in [1.165, 1.54) is 36.4 Å². The zero-order valence-electron chi connectivity index (χ0n) is 24.0.